The molecule has 2 aliphatic heterocycles. The standard InChI is InChI=1S/C18H23NO5/c1-12-13(3-2-4-14(12)16(22)23)15(21)19-9-17-5-7-18(10-20,8-6-17)24-11-17/h2-4,20H,5-11H2,1H3,(H,19,21)(H,22,23). The summed E-state index contributed by atoms with van der Waals surface area (Å²) in [4.78, 5) is 23.7. The lowest BCUT2D eigenvalue weighted by molar-refractivity contribution is -0.197. The van der Waals surface area contributed by atoms with E-state index in [0.717, 1.165) is 25.7 Å². The molecule has 1 aromatic carbocycles. The number of benzene rings is 1. The molecule has 0 atom stereocenters. The third kappa shape index (κ3) is 2.91. The van der Waals surface area contributed by atoms with Crippen molar-refractivity contribution in [2.24, 2.45) is 5.41 Å². The first kappa shape index (κ1) is 16.9. The Hall–Kier alpha value is -1.92. The van der Waals surface area contributed by atoms with E-state index in [9.17, 15) is 14.7 Å². The molecular formula is C18H23NO5. The zero-order valence-electron chi connectivity index (χ0n) is 13.8. The average molecular weight is 333 g/mol. The molecule has 0 unspecified atom stereocenters. The van der Waals surface area contributed by atoms with Gasteiger partial charge >= 0.3 is 5.97 Å². The molecule has 2 bridgehead atoms. The zero-order valence-corrected chi connectivity index (χ0v) is 13.8. The fraction of sp³-hybridized carbons (Fsp3) is 0.556. The van der Waals surface area contributed by atoms with Crippen molar-refractivity contribution >= 4 is 11.9 Å². The number of rotatable bonds is 5. The molecule has 3 aliphatic rings. The Kier molecular flexibility index (Phi) is 4.36. The van der Waals surface area contributed by atoms with Gasteiger partial charge in [-0.05, 0) is 50.3 Å². The minimum absolute atomic E-state index is 0.0522. The Bertz CT molecular complexity index is 645. The largest absolute Gasteiger partial charge is 0.478 e. The van der Waals surface area contributed by atoms with Crippen LogP contribution in [-0.2, 0) is 4.74 Å². The predicted octanol–water partition coefficient (Wildman–Crippen LogP) is 1.74. The summed E-state index contributed by atoms with van der Waals surface area (Å²) in [5.74, 6) is -1.29. The van der Waals surface area contributed by atoms with E-state index in [-0.39, 0.29) is 29.1 Å². The summed E-state index contributed by atoms with van der Waals surface area (Å²) < 4.78 is 5.85. The van der Waals surface area contributed by atoms with E-state index >= 15 is 0 Å². The molecule has 3 fully saturated rings. The number of carbonyl (C=O) groups is 2. The average Bonchev–Trinajstić information content (AvgIpc) is 2.61. The van der Waals surface area contributed by atoms with Gasteiger partial charge in [-0.25, -0.2) is 4.79 Å². The van der Waals surface area contributed by atoms with E-state index in [1.54, 1.807) is 19.1 Å². The Balaban J connectivity index is 1.67. The minimum Gasteiger partial charge on any atom is -0.478 e. The molecule has 4 rings (SSSR count). The van der Waals surface area contributed by atoms with Gasteiger partial charge < -0.3 is 20.3 Å². The zero-order chi connectivity index (χ0) is 17.4. The van der Waals surface area contributed by atoms with Gasteiger partial charge in [-0.15, -0.1) is 0 Å². The number of aromatic carboxylic acids is 1. The molecule has 6 heteroatoms. The van der Waals surface area contributed by atoms with Gasteiger partial charge in [-0.3, -0.25) is 4.79 Å². The Morgan fingerprint density at radius 2 is 1.88 bits per heavy atom. The molecule has 6 nitrogen and oxygen atoms in total. The normalized spacial score (nSPS) is 28.6. The van der Waals surface area contributed by atoms with Crippen LogP contribution in [0.5, 0.6) is 0 Å². The van der Waals surface area contributed by atoms with E-state index in [4.69, 9.17) is 9.84 Å². The minimum atomic E-state index is -1.03. The van der Waals surface area contributed by atoms with Gasteiger partial charge in [-0.2, -0.15) is 0 Å². The SMILES string of the molecule is Cc1c(C(=O)O)cccc1C(=O)NCC12CCC(CO)(CC1)OC2. The van der Waals surface area contributed by atoms with Gasteiger partial charge in [-0.1, -0.05) is 6.07 Å². The third-order valence-corrected chi connectivity index (χ3v) is 5.63. The van der Waals surface area contributed by atoms with Crippen LogP contribution < -0.4 is 5.32 Å². The van der Waals surface area contributed by atoms with Crippen molar-refractivity contribution in [1.29, 1.82) is 0 Å². The van der Waals surface area contributed by atoms with Crippen LogP contribution in [0.2, 0.25) is 0 Å². The number of hydrogen-bond acceptors (Lipinski definition) is 4. The van der Waals surface area contributed by atoms with Crippen LogP contribution in [0.25, 0.3) is 0 Å². The van der Waals surface area contributed by atoms with Crippen LogP contribution in [0.3, 0.4) is 0 Å². The number of hydrogen-bond donors (Lipinski definition) is 3. The number of carboxylic acids is 1. The molecule has 2 heterocycles. The molecule has 0 spiro atoms. The molecule has 0 radical (unpaired) electrons. The van der Waals surface area contributed by atoms with Crippen LogP contribution in [0.15, 0.2) is 18.2 Å². The van der Waals surface area contributed by atoms with E-state index in [0.29, 0.717) is 24.3 Å². The van der Waals surface area contributed by atoms with Gasteiger partial charge in [0.05, 0.1) is 24.4 Å². The number of amides is 1. The summed E-state index contributed by atoms with van der Waals surface area (Å²) in [6, 6.07) is 4.73. The van der Waals surface area contributed by atoms with Crippen molar-refractivity contribution in [3.63, 3.8) is 0 Å². The summed E-state index contributed by atoms with van der Waals surface area (Å²) in [5.41, 5.74) is 0.557. The van der Waals surface area contributed by atoms with Crippen molar-refractivity contribution in [2.75, 3.05) is 19.8 Å². The fourth-order valence-corrected chi connectivity index (χ4v) is 3.74. The van der Waals surface area contributed by atoms with Crippen molar-refractivity contribution in [1.82, 2.24) is 5.32 Å². The number of aliphatic hydroxyl groups is 1. The highest BCUT2D eigenvalue weighted by Gasteiger charge is 2.49. The summed E-state index contributed by atoms with van der Waals surface area (Å²) in [7, 11) is 0. The number of carboxylic acid groups (broad SMARTS) is 1. The van der Waals surface area contributed by atoms with E-state index in [1.807, 2.05) is 0 Å². The lowest BCUT2D eigenvalue weighted by atomic mass is 9.66. The summed E-state index contributed by atoms with van der Waals surface area (Å²) in [5, 5.41) is 21.6. The van der Waals surface area contributed by atoms with Gasteiger partial charge in [0.1, 0.15) is 0 Å². The number of fused-ring (bicyclic) bond motifs is 3. The van der Waals surface area contributed by atoms with Gasteiger partial charge in [0.2, 0.25) is 0 Å². The summed E-state index contributed by atoms with van der Waals surface area (Å²) in [6.45, 7) is 2.75. The topological polar surface area (TPSA) is 95.9 Å². The first-order valence-corrected chi connectivity index (χ1v) is 8.26. The Labute approximate surface area is 140 Å². The molecule has 24 heavy (non-hydrogen) atoms. The monoisotopic (exact) mass is 333 g/mol. The molecule has 1 aromatic rings. The Morgan fingerprint density at radius 1 is 1.21 bits per heavy atom. The van der Waals surface area contributed by atoms with Crippen LogP contribution >= 0.6 is 0 Å². The fourth-order valence-electron chi connectivity index (χ4n) is 3.74. The highest BCUT2D eigenvalue weighted by Crippen LogP contribution is 2.48. The molecule has 0 aromatic heterocycles. The Morgan fingerprint density at radius 3 is 2.42 bits per heavy atom. The van der Waals surface area contributed by atoms with Crippen LogP contribution in [-0.4, -0.2) is 47.4 Å². The van der Waals surface area contributed by atoms with Crippen molar-refractivity contribution < 1.29 is 24.5 Å². The van der Waals surface area contributed by atoms with E-state index in [2.05, 4.69) is 5.32 Å². The molecule has 1 amide bonds. The number of aliphatic hydroxyl groups excluding tert-OH is 1. The first-order valence-electron chi connectivity index (χ1n) is 8.26. The maximum Gasteiger partial charge on any atom is 0.335 e. The summed E-state index contributed by atoms with van der Waals surface area (Å²) in [6.07, 6.45) is 3.46. The molecule has 2 saturated heterocycles. The lowest BCUT2D eigenvalue weighted by Crippen LogP contribution is -2.56. The quantitative estimate of drug-likeness (QED) is 0.763. The highest BCUT2D eigenvalue weighted by molar-refractivity contribution is 5.99. The molecular weight excluding hydrogens is 310 g/mol. The lowest BCUT2D eigenvalue weighted by Gasteiger charge is -2.52. The number of carbonyl (C=O) groups excluding carboxylic acids is 1. The van der Waals surface area contributed by atoms with E-state index in [1.165, 1.54) is 6.07 Å². The van der Waals surface area contributed by atoms with Gasteiger partial charge in [0, 0.05) is 17.5 Å². The van der Waals surface area contributed by atoms with Crippen molar-refractivity contribution in [3.8, 4) is 0 Å². The third-order valence-electron chi connectivity index (χ3n) is 5.63. The molecule has 1 aliphatic carbocycles. The maximum absolute atomic E-state index is 12.5. The van der Waals surface area contributed by atoms with Crippen LogP contribution in [0.4, 0.5) is 0 Å². The molecule has 3 N–H and O–H groups in total. The van der Waals surface area contributed by atoms with Crippen molar-refractivity contribution in [3.05, 3.63) is 34.9 Å². The molecule has 1 saturated carbocycles. The molecule has 130 valence electrons. The summed E-state index contributed by atoms with van der Waals surface area (Å²) >= 11 is 0. The smallest absolute Gasteiger partial charge is 0.335 e. The second kappa shape index (κ2) is 6.18. The second-order valence-electron chi connectivity index (χ2n) is 7.10. The van der Waals surface area contributed by atoms with Crippen LogP contribution in [0.1, 0.15) is 52.0 Å². The van der Waals surface area contributed by atoms with Gasteiger partial charge in [0.15, 0.2) is 0 Å². The van der Waals surface area contributed by atoms with Crippen molar-refractivity contribution in [2.45, 2.75) is 38.2 Å². The van der Waals surface area contributed by atoms with Crippen LogP contribution in [0, 0.1) is 12.3 Å². The maximum atomic E-state index is 12.5. The predicted molar refractivity (Wildman–Crippen MR) is 87.1 cm³/mol. The van der Waals surface area contributed by atoms with E-state index < -0.39 is 5.97 Å². The first-order chi connectivity index (χ1) is 11.4. The van der Waals surface area contributed by atoms with Gasteiger partial charge in [0.25, 0.3) is 5.91 Å². The second-order valence-corrected chi connectivity index (χ2v) is 7.10. The highest BCUT2D eigenvalue weighted by atomic mass is 16.5. The number of ether oxygens (including phenoxy) is 1. The number of nitrogens with one attached hydrogen (secondary N) is 1.